The van der Waals surface area contributed by atoms with Gasteiger partial charge in [0.2, 0.25) is 10.0 Å². The summed E-state index contributed by atoms with van der Waals surface area (Å²) < 4.78 is 24.9. The van der Waals surface area contributed by atoms with E-state index < -0.39 is 10.0 Å². The first kappa shape index (κ1) is 18.6. The van der Waals surface area contributed by atoms with Crippen molar-refractivity contribution in [3.05, 3.63) is 65.2 Å². The van der Waals surface area contributed by atoms with E-state index in [0.717, 1.165) is 48.8 Å². The van der Waals surface area contributed by atoms with Gasteiger partial charge in [-0.1, -0.05) is 36.4 Å². The summed E-state index contributed by atoms with van der Waals surface area (Å²) in [6, 6.07) is 15.2. The molecule has 0 amide bonds. The minimum absolute atomic E-state index is 0.0474. The van der Waals surface area contributed by atoms with Crippen molar-refractivity contribution in [2.75, 3.05) is 24.1 Å². The van der Waals surface area contributed by atoms with Crippen molar-refractivity contribution in [1.29, 1.82) is 0 Å². The fourth-order valence-electron chi connectivity index (χ4n) is 3.32. The maximum atomic E-state index is 12.5. The highest BCUT2D eigenvalue weighted by Gasteiger charge is 2.26. The molecular weight excluding hydrogens is 348 g/mol. The molecular formula is C20H24N2O3S. The van der Waals surface area contributed by atoms with Gasteiger partial charge in [-0.15, -0.1) is 0 Å². The average Bonchev–Trinajstić information content (AvgIpc) is 2.61. The zero-order chi connectivity index (χ0) is 18.6. The Morgan fingerprint density at radius 2 is 1.81 bits per heavy atom. The molecule has 2 aromatic rings. The molecule has 1 atom stereocenters. The normalized spacial score (nSPS) is 17.0. The second kappa shape index (κ2) is 8.01. The molecule has 3 rings (SSSR count). The predicted octanol–water partition coefficient (Wildman–Crippen LogP) is 2.64. The third-order valence-electron chi connectivity index (χ3n) is 4.65. The maximum Gasteiger partial charge on any atom is 0.229 e. The van der Waals surface area contributed by atoms with Gasteiger partial charge >= 0.3 is 0 Å². The first-order valence-electron chi connectivity index (χ1n) is 8.82. The van der Waals surface area contributed by atoms with Crippen molar-refractivity contribution in [3.8, 4) is 0 Å². The van der Waals surface area contributed by atoms with E-state index in [4.69, 9.17) is 0 Å². The van der Waals surface area contributed by atoms with Crippen LogP contribution in [0.3, 0.4) is 0 Å². The van der Waals surface area contributed by atoms with Gasteiger partial charge in [0.1, 0.15) is 0 Å². The SMILES string of the molecule is CS(=O)(=O)Nc1ccc(CCNCC2CCc3ccccc3C2=O)cc1. The van der Waals surface area contributed by atoms with Gasteiger partial charge in [0.05, 0.1) is 6.26 Å². The fourth-order valence-corrected chi connectivity index (χ4v) is 3.88. The molecule has 0 saturated carbocycles. The monoisotopic (exact) mass is 372 g/mol. The van der Waals surface area contributed by atoms with Crippen molar-refractivity contribution < 1.29 is 13.2 Å². The Morgan fingerprint density at radius 3 is 2.54 bits per heavy atom. The third kappa shape index (κ3) is 4.93. The van der Waals surface area contributed by atoms with Crippen LogP contribution in [0.4, 0.5) is 5.69 Å². The van der Waals surface area contributed by atoms with Crippen LogP contribution in [0.25, 0.3) is 0 Å². The molecule has 0 aliphatic heterocycles. The van der Waals surface area contributed by atoms with E-state index in [9.17, 15) is 13.2 Å². The van der Waals surface area contributed by atoms with Crippen molar-refractivity contribution >= 4 is 21.5 Å². The van der Waals surface area contributed by atoms with E-state index in [1.165, 1.54) is 0 Å². The molecule has 1 aliphatic carbocycles. The number of carbonyl (C=O) groups excluding carboxylic acids is 1. The lowest BCUT2D eigenvalue weighted by molar-refractivity contribution is 0.0901. The number of fused-ring (bicyclic) bond motifs is 1. The molecule has 2 N–H and O–H groups in total. The number of hydrogen-bond donors (Lipinski definition) is 2. The number of Topliss-reactive ketones (excluding diaryl/α,β-unsaturated/α-hetero) is 1. The number of ketones is 1. The molecule has 1 aliphatic rings. The maximum absolute atomic E-state index is 12.5. The van der Waals surface area contributed by atoms with Gasteiger partial charge in [-0.05, 0) is 49.1 Å². The van der Waals surface area contributed by atoms with Crippen LogP contribution in [0, 0.1) is 5.92 Å². The van der Waals surface area contributed by atoms with Crippen LogP contribution in [-0.4, -0.2) is 33.5 Å². The Balaban J connectivity index is 1.45. The molecule has 2 aromatic carbocycles. The summed E-state index contributed by atoms with van der Waals surface area (Å²) in [5.74, 6) is 0.293. The van der Waals surface area contributed by atoms with E-state index >= 15 is 0 Å². The highest BCUT2D eigenvalue weighted by Crippen LogP contribution is 2.24. The van der Waals surface area contributed by atoms with Crippen LogP contribution in [-0.2, 0) is 22.9 Å². The van der Waals surface area contributed by atoms with E-state index in [1.807, 2.05) is 36.4 Å². The van der Waals surface area contributed by atoms with Crippen molar-refractivity contribution in [1.82, 2.24) is 5.32 Å². The Morgan fingerprint density at radius 1 is 1.08 bits per heavy atom. The molecule has 0 bridgehead atoms. The molecule has 0 radical (unpaired) electrons. The van der Waals surface area contributed by atoms with Gasteiger partial charge in [0.15, 0.2) is 5.78 Å². The van der Waals surface area contributed by atoms with Gasteiger partial charge in [-0.25, -0.2) is 8.42 Å². The van der Waals surface area contributed by atoms with E-state index in [1.54, 1.807) is 12.1 Å². The number of benzene rings is 2. The van der Waals surface area contributed by atoms with E-state index in [-0.39, 0.29) is 11.7 Å². The highest BCUT2D eigenvalue weighted by molar-refractivity contribution is 7.92. The molecule has 0 heterocycles. The zero-order valence-corrected chi connectivity index (χ0v) is 15.7. The number of hydrogen-bond acceptors (Lipinski definition) is 4. The number of aryl methyl sites for hydroxylation is 1. The van der Waals surface area contributed by atoms with Crippen LogP contribution in [0.2, 0.25) is 0 Å². The van der Waals surface area contributed by atoms with Crippen molar-refractivity contribution in [3.63, 3.8) is 0 Å². The van der Waals surface area contributed by atoms with Gasteiger partial charge in [0, 0.05) is 23.7 Å². The van der Waals surface area contributed by atoms with Gasteiger partial charge in [-0.3, -0.25) is 9.52 Å². The second-order valence-corrected chi connectivity index (χ2v) is 8.53. The van der Waals surface area contributed by atoms with E-state index in [0.29, 0.717) is 12.2 Å². The summed E-state index contributed by atoms with van der Waals surface area (Å²) in [4.78, 5) is 12.5. The first-order valence-corrected chi connectivity index (χ1v) is 10.7. The molecule has 0 spiro atoms. The van der Waals surface area contributed by atoms with Crippen molar-refractivity contribution in [2.24, 2.45) is 5.92 Å². The standard InChI is InChI=1S/C20H24N2O3S/c1-26(24,25)22-18-10-6-15(7-11-18)12-13-21-14-17-9-8-16-4-2-3-5-19(16)20(17)23/h2-7,10-11,17,21-22H,8-9,12-14H2,1H3. The summed E-state index contributed by atoms with van der Waals surface area (Å²) in [5, 5.41) is 3.39. The molecule has 0 saturated heterocycles. The lowest BCUT2D eigenvalue weighted by Crippen LogP contribution is -2.33. The van der Waals surface area contributed by atoms with E-state index in [2.05, 4.69) is 10.0 Å². The molecule has 5 nitrogen and oxygen atoms in total. The number of carbonyl (C=O) groups is 1. The molecule has 0 fully saturated rings. The summed E-state index contributed by atoms with van der Waals surface area (Å²) in [5.41, 5.74) is 3.73. The summed E-state index contributed by atoms with van der Waals surface area (Å²) in [7, 11) is -3.24. The first-order chi connectivity index (χ1) is 12.4. The molecule has 138 valence electrons. The van der Waals surface area contributed by atoms with Crippen LogP contribution in [0.5, 0.6) is 0 Å². The van der Waals surface area contributed by atoms with Gasteiger partial charge < -0.3 is 5.32 Å². The van der Waals surface area contributed by atoms with Crippen LogP contribution >= 0.6 is 0 Å². The van der Waals surface area contributed by atoms with Crippen LogP contribution in [0.15, 0.2) is 48.5 Å². The lowest BCUT2D eigenvalue weighted by atomic mass is 9.83. The Hall–Kier alpha value is -2.18. The minimum Gasteiger partial charge on any atom is -0.316 e. The Kier molecular flexibility index (Phi) is 5.74. The zero-order valence-electron chi connectivity index (χ0n) is 14.9. The quantitative estimate of drug-likeness (QED) is 0.733. The van der Waals surface area contributed by atoms with Crippen LogP contribution < -0.4 is 10.0 Å². The molecule has 1 unspecified atom stereocenters. The highest BCUT2D eigenvalue weighted by atomic mass is 32.2. The Labute approximate surface area is 154 Å². The van der Waals surface area contributed by atoms with Gasteiger partial charge in [-0.2, -0.15) is 0 Å². The number of rotatable bonds is 7. The van der Waals surface area contributed by atoms with Crippen LogP contribution in [0.1, 0.15) is 27.9 Å². The molecule has 0 aromatic heterocycles. The summed E-state index contributed by atoms with van der Waals surface area (Å²) in [6.45, 7) is 1.48. The number of sulfonamides is 1. The topological polar surface area (TPSA) is 75.3 Å². The van der Waals surface area contributed by atoms with Crippen molar-refractivity contribution in [2.45, 2.75) is 19.3 Å². The largest absolute Gasteiger partial charge is 0.316 e. The summed E-state index contributed by atoms with van der Waals surface area (Å²) in [6.07, 6.45) is 3.82. The van der Waals surface area contributed by atoms with Gasteiger partial charge in [0.25, 0.3) is 0 Å². The molecule has 26 heavy (non-hydrogen) atoms. The minimum atomic E-state index is -3.24. The lowest BCUT2D eigenvalue weighted by Gasteiger charge is -2.23. The predicted molar refractivity (Wildman–Crippen MR) is 104 cm³/mol. The summed E-state index contributed by atoms with van der Waals surface area (Å²) >= 11 is 0. The fraction of sp³-hybridized carbons (Fsp3) is 0.350. The smallest absolute Gasteiger partial charge is 0.229 e. The number of nitrogens with one attached hydrogen (secondary N) is 2. The average molecular weight is 372 g/mol. The Bertz CT molecular complexity index is 876. The molecule has 6 heteroatoms. The third-order valence-corrected chi connectivity index (χ3v) is 5.26. The number of anilines is 1. The second-order valence-electron chi connectivity index (χ2n) is 6.78.